The number of halogens is 1. The van der Waals surface area contributed by atoms with Crippen molar-refractivity contribution >= 4 is 52.1 Å². The first-order chi connectivity index (χ1) is 15.9. The molecule has 0 spiro atoms. The fourth-order valence-electron chi connectivity index (χ4n) is 4.99. The molecule has 9 heteroatoms. The summed E-state index contributed by atoms with van der Waals surface area (Å²) in [5, 5.41) is 3.11. The minimum atomic E-state index is -0.127. The fraction of sp³-hybridized carbons (Fsp3) is 0.458. The Kier molecular flexibility index (Phi) is 6.05. The number of anilines is 2. The number of benzene rings is 1. The van der Waals surface area contributed by atoms with Gasteiger partial charge in [-0.1, -0.05) is 25.4 Å². The SMILES string of the molecule is CC(C)C1=NCCCN1c1ccc(N2C[C@@H]3[C@H](NC(=O)c4ccc(Cl)s4)CCN3C2=O)cc1. The van der Waals surface area contributed by atoms with E-state index in [0.717, 1.165) is 43.1 Å². The third kappa shape index (κ3) is 4.22. The van der Waals surface area contributed by atoms with Crippen LogP contribution in [-0.4, -0.2) is 60.9 Å². The molecule has 0 bridgehead atoms. The minimum absolute atomic E-state index is 0.00562. The second-order valence-corrected chi connectivity index (χ2v) is 10.8. The number of nitrogens with zero attached hydrogens (tertiary/aromatic N) is 4. The summed E-state index contributed by atoms with van der Waals surface area (Å²) in [6.45, 7) is 7.41. The zero-order valence-electron chi connectivity index (χ0n) is 18.8. The third-order valence-corrected chi connectivity index (χ3v) is 7.82. The molecule has 1 aromatic carbocycles. The highest BCUT2D eigenvalue weighted by atomic mass is 35.5. The molecule has 2 saturated heterocycles. The highest BCUT2D eigenvalue weighted by Crippen LogP contribution is 2.32. The van der Waals surface area contributed by atoms with E-state index in [1.54, 1.807) is 12.1 Å². The van der Waals surface area contributed by atoms with Crippen molar-refractivity contribution in [3.63, 3.8) is 0 Å². The van der Waals surface area contributed by atoms with Crippen molar-refractivity contribution in [1.29, 1.82) is 0 Å². The topological polar surface area (TPSA) is 68.2 Å². The average molecular weight is 486 g/mol. The van der Waals surface area contributed by atoms with Crippen LogP contribution in [0.3, 0.4) is 0 Å². The third-order valence-electron chi connectivity index (χ3n) is 6.59. The van der Waals surface area contributed by atoms with Gasteiger partial charge in [0, 0.05) is 36.9 Å². The number of aliphatic imine (C=N–C) groups is 1. The van der Waals surface area contributed by atoms with Gasteiger partial charge in [0.2, 0.25) is 0 Å². The Morgan fingerprint density at radius 3 is 2.52 bits per heavy atom. The molecular weight excluding hydrogens is 458 g/mol. The van der Waals surface area contributed by atoms with E-state index >= 15 is 0 Å². The number of carbonyl (C=O) groups excluding carboxylic acids is 2. The van der Waals surface area contributed by atoms with Gasteiger partial charge in [-0.2, -0.15) is 0 Å². The number of hydrogen-bond acceptors (Lipinski definition) is 5. The Morgan fingerprint density at radius 1 is 1.12 bits per heavy atom. The van der Waals surface area contributed by atoms with Crippen molar-refractivity contribution in [3.05, 3.63) is 45.6 Å². The van der Waals surface area contributed by atoms with Gasteiger partial charge < -0.3 is 15.1 Å². The van der Waals surface area contributed by atoms with Crippen molar-refractivity contribution in [2.45, 2.75) is 38.8 Å². The lowest BCUT2D eigenvalue weighted by atomic mass is 10.1. The molecule has 5 rings (SSSR count). The Hall–Kier alpha value is -2.58. The van der Waals surface area contributed by atoms with E-state index in [-0.39, 0.29) is 24.0 Å². The molecule has 3 aliphatic heterocycles. The molecule has 1 N–H and O–H groups in total. The van der Waals surface area contributed by atoms with Crippen molar-refractivity contribution < 1.29 is 9.59 Å². The maximum atomic E-state index is 13.1. The Labute approximate surface area is 203 Å². The van der Waals surface area contributed by atoms with Crippen molar-refractivity contribution in [2.24, 2.45) is 10.9 Å². The number of carbonyl (C=O) groups is 2. The molecule has 0 unspecified atom stereocenters. The highest BCUT2D eigenvalue weighted by molar-refractivity contribution is 7.18. The summed E-state index contributed by atoms with van der Waals surface area (Å²) in [4.78, 5) is 37.0. The van der Waals surface area contributed by atoms with Crippen molar-refractivity contribution in [3.8, 4) is 0 Å². The first-order valence-corrected chi connectivity index (χ1v) is 12.7. The van der Waals surface area contributed by atoms with Gasteiger partial charge in [0.05, 0.1) is 27.8 Å². The van der Waals surface area contributed by atoms with Gasteiger partial charge in [-0.15, -0.1) is 11.3 Å². The number of hydrogen-bond donors (Lipinski definition) is 1. The summed E-state index contributed by atoms with van der Waals surface area (Å²) >= 11 is 7.24. The van der Waals surface area contributed by atoms with E-state index in [9.17, 15) is 9.59 Å². The lowest BCUT2D eigenvalue weighted by Gasteiger charge is -2.32. The summed E-state index contributed by atoms with van der Waals surface area (Å²) < 4.78 is 0.593. The molecule has 3 aliphatic rings. The van der Waals surface area contributed by atoms with Gasteiger partial charge in [-0.25, -0.2) is 4.79 Å². The van der Waals surface area contributed by atoms with Gasteiger partial charge >= 0.3 is 6.03 Å². The van der Waals surface area contributed by atoms with E-state index in [1.165, 1.54) is 11.3 Å². The number of amides is 3. The largest absolute Gasteiger partial charge is 0.346 e. The maximum absolute atomic E-state index is 13.1. The summed E-state index contributed by atoms with van der Waals surface area (Å²) in [7, 11) is 0. The van der Waals surface area contributed by atoms with Crippen LogP contribution in [0.15, 0.2) is 41.4 Å². The van der Waals surface area contributed by atoms with Crippen LogP contribution in [-0.2, 0) is 0 Å². The number of fused-ring (bicyclic) bond motifs is 1. The first-order valence-electron chi connectivity index (χ1n) is 11.5. The first kappa shape index (κ1) is 22.2. The van der Waals surface area contributed by atoms with Gasteiger partial charge in [0.15, 0.2) is 0 Å². The second-order valence-electron chi connectivity index (χ2n) is 9.04. The molecule has 174 valence electrons. The van der Waals surface area contributed by atoms with E-state index in [4.69, 9.17) is 16.6 Å². The van der Waals surface area contributed by atoms with Crippen LogP contribution in [0.1, 0.15) is 36.4 Å². The summed E-state index contributed by atoms with van der Waals surface area (Å²) in [6, 6.07) is 11.6. The van der Waals surface area contributed by atoms with E-state index in [0.29, 0.717) is 28.2 Å². The van der Waals surface area contributed by atoms with Gasteiger partial charge in [0.25, 0.3) is 5.91 Å². The number of nitrogens with one attached hydrogen (secondary N) is 1. The van der Waals surface area contributed by atoms with Crippen LogP contribution in [0.4, 0.5) is 16.2 Å². The lowest BCUT2D eigenvalue weighted by molar-refractivity contribution is 0.0935. The zero-order valence-corrected chi connectivity index (χ0v) is 20.4. The van der Waals surface area contributed by atoms with E-state index in [1.807, 2.05) is 21.9 Å². The Bertz CT molecular complexity index is 1080. The summed E-state index contributed by atoms with van der Waals surface area (Å²) in [6.07, 6.45) is 1.81. The standard InChI is InChI=1S/C24H28ClN5O2S/c1-15(2)22-26-11-3-12-28(22)16-4-6-17(7-5-16)30-14-19-18(10-13-29(19)24(30)32)27-23(31)20-8-9-21(25)33-20/h4-9,15,18-19H,3,10-14H2,1-2H3,(H,27,31)/t18-,19-/m1/s1. The number of thiophene rings is 1. The lowest BCUT2D eigenvalue weighted by Crippen LogP contribution is -2.44. The molecule has 0 radical (unpaired) electrons. The fourth-order valence-corrected chi connectivity index (χ4v) is 5.93. The monoisotopic (exact) mass is 485 g/mol. The van der Waals surface area contributed by atoms with Crippen molar-refractivity contribution in [2.75, 3.05) is 36.0 Å². The molecule has 4 heterocycles. The van der Waals surface area contributed by atoms with Gasteiger partial charge in [-0.3, -0.25) is 14.7 Å². The minimum Gasteiger partial charge on any atom is -0.346 e. The predicted molar refractivity (Wildman–Crippen MR) is 134 cm³/mol. The molecule has 0 saturated carbocycles. The van der Waals surface area contributed by atoms with Crippen LogP contribution >= 0.6 is 22.9 Å². The number of amidine groups is 1. The average Bonchev–Trinajstić information content (AvgIpc) is 3.51. The molecule has 1 aromatic heterocycles. The predicted octanol–water partition coefficient (Wildman–Crippen LogP) is 4.48. The van der Waals surface area contributed by atoms with Gasteiger partial charge in [-0.05, 0) is 49.2 Å². The smallest absolute Gasteiger partial charge is 0.324 e. The van der Waals surface area contributed by atoms with Crippen LogP contribution in [0, 0.1) is 5.92 Å². The molecule has 0 aliphatic carbocycles. The van der Waals surface area contributed by atoms with Crippen LogP contribution in [0.2, 0.25) is 4.34 Å². The molecule has 7 nitrogen and oxygen atoms in total. The molecule has 2 atom stereocenters. The highest BCUT2D eigenvalue weighted by Gasteiger charge is 2.46. The van der Waals surface area contributed by atoms with Crippen LogP contribution in [0.5, 0.6) is 0 Å². The second kappa shape index (κ2) is 8.99. The molecule has 33 heavy (non-hydrogen) atoms. The number of urea groups is 1. The van der Waals surface area contributed by atoms with Crippen LogP contribution < -0.4 is 15.1 Å². The Morgan fingerprint density at radius 2 is 1.85 bits per heavy atom. The summed E-state index contributed by atoms with van der Waals surface area (Å²) in [5.74, 6) is 1.37. The normalized spacial score (nSPS) is 22.7. The Balaban J connectivity index is 1.28. The van der Waals surface area contributed by atoms with Gasteiger partial charge in [0.1, 0.15) is 5.84 Å². The maximum Gasteiger partial charge on any atom is 0.324 e. The molecule has 2 fully saturated rings. The summed E-state index contributed by atoms with van der Waals surface area (Å²) in [5.41, 5.74) is 1.99. The van der Waals surface area contributed by atoms with Crippen molar-refractivity contribution in [1.82, 2.24) is 10.2 Å². The molecule has 2 aromatic rings. The van der Waals surface area contributed by atoms with E-state index in [2.05, 4.69) is 36.2 Å². The quantitative estimate of drug-likeness (QED) is 0.679. The molecule has 3 amide bonds. The van der Waals surface area contributed by atoms with E-state index < -0.39 is 0 Å². The molecular formula is C24H28ClN5O2S. The van der Waals surface area contributed by atoms with Crippen LogP contribution in [0.25, 0.3) is 0 Å². The number of rotatable bonds is 5. The zero-order chi connectivity index (χ0) is 23.1.